The summed E-state index contributed by atoms with van der Waals surface area (Å²) in [5.41, 5.74) is 3.30. The largest absolute Gasteiger partial charge is 0.436 e. The number of likely N-dealkylation sites (tertiary alicyclic amines) is 1. The van der Waals surface area contributed by atoms with Crippen molar-refractivity contribution in [2.45, 2.75) is 26.2 Å². The number of anilines is 1. The number of rotatable bonds is 4. The first-order valence-corrected chi connectivity index (χ1v) is 11.5. The van der Waals surface area contributed by atoms with E-state index < -0.39 is 0 Å². The lowest BCUT2D eigenvalue weighted by Gasteiger charge is -2.33. The summed E-state index contributed by atoms with van der Waals surface area (Å²) in [6.07, 6.45) is 4.59. The molecule has 6 heteroatoms. The highest BCUT2D eigenvalue weighted by molar-refractivity contribution is 6.11. The molecule has 1 saturated heterocycles. The SMILES string of the molecule is Cc1ccc2c(c1)N(CC(=O)N1CCC(Cc3ccccc3)CC1)C(=O)c1cccnc1O2. The lowest BCUT2D eigenvalue weighted by Crippen LogP contribution is -2.46. The Labute approximate surface area is 193 Å². The summed E-state index contributed by atoms with van der Waals surface area (Å²) < 4.78 is 5.96. The third-order valence-corrected chi connectivity index (χ3v) is 6.49. The smallest absolute Gasteiger partial charge is 0.264 e. The van der Waals surface area contributed by atoms with Gasteiger partial charge < -0.3 is 9.64 Å². The van der Waals surface area contributed by atoms with Crippen LogP contribution in [0.4, 0.5) is 5.69 Å². The molecule has 168 valence electrons. The number of hydrogen-bond acceptors (Lipinski definition) is 4. The first kappa shape index (κ1) is 21.2. The molecule has 5 rings (SSSR count). The van der Waals surface area contributed by atoms with E-state index in [1.165, 1.54) is 10.5 Å². The summed E-state index contributed by atoms with van der Waals surface area (Å²) in [4.78, 5) is 34.3. The summed E-state index contributed by atoms with van der Waals surface area (Å²) in [6, 6.07) is 19.5. The molecule has 0 radical (unpaired) electrons. The lowest BCUT2D eigenvalue weighted by atomic mass is 9.90. The van der Waals surface area contributed by atoms with Gasteiger partial charge in [-0.05, 0) is 67.5 Å². The molecule has 33 heavy (non-hydrogen) atoms. The van der Waals surface area contributed by atoms with Crippen molar-refractivity contribution >= 4 is 17.5 Å². The molecular formula is C27H27N3O3. The molecule has 2 aliphatic heterocycles. The quantitative estimate of drug-likeness (QED) is 0.593. The van der Waals surface area contributed by atoms with E-state index in [0.717, 1.165) is 24.8 Å². The van der Waals surface area contributed by atoms with Gasteiger partial charge in [0, 0.05) is 19.3 Å². The van der Waals surface area contributed by atoms with Crippen LogP contribution in [0.1, 0.15) is 34.3 Å². The van der Waals surface area contributed by atoms with Crippen LogP contribution in [0.5, 0.6) is 11.6 Å². The molecule has 2 amide bonds. The Bertz CT molecular complexity index is 1170. The number of hydrogen-bond donors (Lipinski definition) is 0. The second kappa shape index (κ2) is 9.06. The summed E-state index contributed by atoms with van der Waals surface area (Å²) >= 11 is 0. The summed E-state index contributed by atoms with van der Waals surface area (Å²) in [6.45, 7) is 3.37. The van der Waals surface area contributed by atoms with Crippen LogP contribution in [-0.2, 0) is 11.2 Å². The van der Waals surface area contributed by atoms with Crippen LogP contribution >= 0.6 is 0 Å². The fourth-order valence-electron chi connectivity index (χ4n) is 4.64. The first-order valence-electron chi connectivity index (χ1n) is 11.5. The summed E-state index contributed by atoms with van der Waals surface area (Å²) in [7, 11) is 0. The highest BCUT2D eigenvalue weighted by Gasteiger charge is 2.32. The minimum Gasteiger partial charge on any atom is -0.436 e. The molecule has 2 aliphatic rings. The van der Waals surface area contributed by atoms with Gasteiger partial charge in [0.05, 0.1) is 5.69 Å². The van der Waals surface area contributed by atoms with E-state index in [2.05, 4.69) is 29.2 Å². The zero-order valence-electron chi connectivity index (χ0n) is 18.7. The van der Waals surface area contributed by atoms with Crippen molar-refractivity contribution in [1.82, 2.24) is 9.88 Å². The van der Waals surface area contributed by atoms with Gasteiger partial charge in [0.25, 0.3) is 5.91 Å². The van der Waals surface area contributed by atoms with Gasteiger partial charge in [-0.2, -0.15) is 0 Å². The van der Waals surface area contributed by atoms with E-state index in [-0.39, 0.29) is 24.2 Å². The molecule has 0 N–H and O–H groups in total. The average molecular weight is 442 g/mol. The third-order valence-electron chi connectivity index (χ3n) is 6.49. The van der Waals surface area contributed by atoms with Gasteiger partial charge >= 0.3 is 0 Å². The Morgan fingerprint density at radius 1 is 1.06 bits per heavy atom. The molecule has 0 atom stereocenters. The van der Waals surface area contributed by atoms with Crippen LogP contribution in [0, 0.1) is 12.8 Å². The van der Waals surface area contributed by atoms with Crippen molar-refractivity contribution in [2.24, 2.45) is 5.92 Å². The van der Waals surface area contributed by atoms with Crippen LogP contribution in [0.2, 0.25) is 0 Å². The standard InChI is InChI=1S/C27H27N3O3/c1-19-9-10-24-23(16-19)30(27(32)22-8-5-13-28-26(22)33-24)18-25(31)29-14-11-21(12-15-29)17-20-6-3-2-4-7-20/h2-10,13,16,21H,11-12,14-15,17-18H2,1H3. The molecule has 3 aromatic rings. The normalized spacial score (nSPS) is 16.0. The topological polar surface area (TPSA) is 62.7 Å². The number of pyridine rings is 1. The summed E-state index contributed by atoms with van der Waals surface area (Å²) in [5.74, 6) is 1.06. The molecule has 0 unspecified atom stereocenters. The number of aromatic nitrogens is 1. The lowest BCUT2D eigenvalue weighted by molar-refractivity contribution is -0.131. The third kappa shape index (κ3) is 4.46. The number of benzene rings is 2. The molecule has 1 aromatic heterocycles. The van der Waals surface area contributed by atoms with Crippen molar-refractivity contribution < 1.29 is 14.3 Å². The molecule has 0 spiro atoms. The zero-order chi connectivity index (χ0) is 22.8. The van der Waals surface area contributed by atoms with Crippen LogP contribution in [0.15, 0.2) is 66.9 Å². The fourth-order valence-corrected chi connectivity index (χ4v) is 4.64. The molecular weight excluding hydrogens is 414 g/mol. The van der Waals surface area contributed by atoms with E-state index in [0.29, 0.717) is 36.0 Å². The number of nitrogens with zero attached hydrogens (tertiary/aromatic N) is 3. The molecule has 6 nitrogen and oxygen atoms in total. The van der Waals surface area contributed by atoms with Gasteiger partial charge in [-0.1, -0.05) is 36.4 Å². The second-order valence-electron chi connectivity index (χ2n) is 8.83. The van der Waals surface area contributed by atoms with E-state index in [1.807, 2.05) is 36.1 Å². The summed E-state index contributed by atoms with van der Waals surface area (Å²) in [5, 5.41) is 0. The van der Waals surface area contributed by atoms with Crippen LogP contribution in [-0.4, -0.2) is 41.3 Å². The fraction of sp³-hybridized carbons (Fsp3) is 0.296. The van der Waals surface area contributed by atoms with E-state index in [9.17, 15) is 9.59 Å². The zero-order valence-corrected chi connectivity index (χ0v) is 18.7. The second-order valence-corrected chi connectivity index (χ2v) is 8.83. The maximum Gasteiger partial charge on any atom is 0.264 e. The molecule has 2 aromatic carbocycles. The predicted octanol–water partition coefficient (Wildman–Crippen LogP) is 4.62. The molecule has 1 fully saturated rings. The van der Waals surface area contributed by atoms with Gasteiger partial charge in [0.15, 0.2) is 5.75 Å². The maximum absolute atomic E-state index is 13.4. The average Bonchev–Trinajstić information content (AvgIpc) is 2.95. The monoisotopic (exact) mass is 441 g/mol. The number of carbonyl (C=O) groups excluding carboxylic acids is 2. The highest BCUT2D eigenvalue weighted by atomic mass is 16.5. The highest BCUT2D eigenvalue weighted by Crippen LogP contribution is 2.38. The van der Waals surface area contributed by atoms with Crippen LogP contribution < -0.4 is 9.64 Å². The van der Waals surface area contributed by atoms with Crippen LogP contribution in [0.25, 0.3) is 0 Å². The Kier molecular flexibility index (Phi) is 5.82. The van der Waals surface area contributed by atoms with E-state index >= 15 is 0 Å². The predicted molar refractivity (Wildman–Crippen MR) is 127 cm³/mol. The van der Waals surface area contributed by atoms with Crippen molar-refractivity contribution in [3.8, 4) is 11.6 Å². The Morgan fingerprint density at radius 2 is 1.85 bits per heavy atom. The van der Waals surface area contributed by atoms with Crippen molar-refractivity contribution in [3.63, 3.8) is 0 Å². The van der Waals surface area contributed by atoms with Gasteiger partial charge in [-0.15, -0.1) is 0 Å². The number of aryl methyl sites for hydroxylation is 1. The van der Waals surface area contributed by atoms with E-state index in [1.54, 1.807) is 18.3 Å². The number of amides is 2. The molecule has 3 heterocycles. The van der Waals surface area contributed by atoms with Gasteiger partial charge in [0.2, 0.25) is 11.8 Å². The number of piperidine rings is 1. The number of carbonyl (C=O) groups is 2. The Balaban J connectivity index is 1.31. The van der Waals surface area contributed by atoms with Gasteiger partial charge in [-0.3, -0.25) is 14.5 Å². The number of fused-ring (bicyclic) bond motifs is 2. The minimum atomic E-state index is -0.269. The van der Waals surface area contributed by atoms with Crippen molar-refractivity contribution in [3.05, 3.63) is 83.6 Å². The van der Waals surface area contributed by atoms with Crippen LogP contribution in [0.3, 0.4) is 0 Å². The Morgan fingerprint density at radius 3 is 2.64 bits per heavy atom. The van der Waals surface area contributed by atoms with Crippen molar-refractivity contribution in [2.75, 3.05) is 24.5 Å². The van der Waals surface area contributed by atoms with Crippen molar-refractivity contribution in [1.29, 1.82) is 0 Å². The first-order chi connectivity index (χ1) is 16.1. The molecule has 0 saturated carbocycles. The molecule has 0 aliphatic carbocycles. The maximum atomic E-state index is 13.4. The number of ether oxygens (including phenoxy) is 1. The van der Waals surface area contributed by atoms with Gasteiger partial charge in [-0.25, -0.2) is 4.98 Å². The minimum absolute atomic E-state index is 0.0175. The van der Waals surface area contributed by atoms with E-state index in [4.69, 9.17) is 4.74 Å². The molecule has 0 bridgehead atoms. The van der Waals surface area contributed by atoms with Gasteiger partial charge in [0.1, 0.15) is 12.1 Å². The Hall–Kier alpha value is -3.67.